The summed E-state index contributed by atoms with van der Waals surface area (Å²) < 4.78 is 18.9. The van der Waals surface area contributed by atoms with E-state index in [-0.39, 0.29) is 17.9 Å². The SMILES string of the molecule is O=C(NCCOc1ccc(Cl)cc1)NC1CCc2ccc(F)cc21. The molecule has 0 saturated heterocycles. The number of fused-ring (bicyclic) bond motifs is 1. The number of halogens is 2. The first-order valence-corrected chi connectivity index (χ1v) is 8.20. The second-order valence-corrected chi connectivity index (χ2v) is 6.07. The van der Waals surface area contributed by atoms with Crippen molar-refractivity contribution in [2.75, 3.05) is 13.2 Å². The molecule has 0 radical (unpaired) electrons. The van der Waals surface area contributed by atoms with Gasteiger partial charge in [-0.25, -0.2) is 9.18 Å². The number of benzene rings is 2. The zero-order valence-corrected chi connectivity index (χ0v) is 13.8. The fourth-order valence-electron chi connectivity index (χ4n) is 2.80. The average Bonchev–Trinajstić information content (AvgIpc) is 2.95. The molecule has 2 N–H and O–H groups in total. The molecule has 0 aromatic heterocycles. The van der Waals surface area contributed by atoms with E-state index in [1.54, 1.807) is 30.3 Å². The average molecular weight is 349 g/mol. The number of hydrogen-bond donors (Lipinski definition) is 2. The van der Waals surface area contributed by atoms with E-state index in [9.17, 15) is 9.18 Å². The second kappa shape index (κ2) is 7.53. The smallest absolute Gasteiger partial charge is 0.315 e. The van der Waals surface area contributed by atoms with E-state index in [1.807, 2.05) is 0 Å². The van der Waals surface area contributed by atoms with E-state index in [0.29, 0.717) is 23.9 Å². The molecule has 2 aromatic carbocycles. The van der Waals surface area contributed by atoms with Crippen LogP contribution in [0.2, 0.25) is 5.02 Å². The molecule has 126 valence electrons. The number of amides is 2. The third-order valence-electron chi connectivity index (χ3n) is 3.96. The van der Waals surface area contributed by atoms with Gasteiger partial charge in [-0.2, -0.15) is 0 Å². The molecular weight excluding hydrogens is 331 g/mol. The van der Waals surface area contributed by atoms with Gasteiger partial charge in [-0.15, -0.1) is 0 Å². The highest BCUT2D eigenvalue weighted by Crippen LogP contribution is 2.31. The molecule has 1 unspecified atom stereocenters. The van der Waals surface area contributed by atoms with Crippen molar-refractivity contribution in [2.45, 2.75) is 18.9 Å². The first-order valence-electron chi connectivity index (χ1n) is 7.83. The minimum absolute atomic E-state index is 0.145. The van der Waals surface area contributed by atoms with Crippen LogP contribution in [0.25, 0.3) is 0 Å². The quantitative estimate of drug-likeness (QED) is 0.806. The Labute approximate surface area is 145 Å². The van der Waals surface area contributed by atoms with Crippen LogP contribution in [0.15, 0.2) is 42.5 Å². The highest BCUT2D eigenvalue weighted by Gasteiger charge is 2.24. The maximum Gasteiger partial charge on any atom is 0.315 e. The minimum atomic E-state index is -0.281. The van der Waals surface area contributed by atoms with E-state index < -0.39 is 0 Å². The summed E-state index contributed by atoms with van der Waals surface area (Å²) in [6.07, 6.45) is 1.63. The Balaban J connectivity index is 1.42. The lowest BCUT2D eigenvalue weighted by Crippen LogP contribution is -2.39. The summed E-state index contributed by atoms with van der Waals surface area (Å²) in [5.41, 5.74) is 1.95. The van der Waals surface area contributed by atoms with Gasteiger partial charge in [-0.1, -0.05) is 17.7 Å². The van der Waals surface area contributed by atoms with Crippen LogP contribution < -0.4 is 15.4 Å². The van der Waals surface area contributed by atoms with Gasteiger partial charge in [0.15, 0.2) is 0 Å². The summed E-state index contributed by atoms with van der Waals surface area (Å²) in [7, 11) is 0. The third kappa shape index (κ3) is 4.17. The largest absolute Gasteiger partial charge is 0.492 e. The molecule has 0 heterocycles. The molecule has 0 saturated carbocycles. The van der Waals surface area contributed by atoms with Crippen LogP contribution in [0.4, 0.5) is 9.18 Å². The van der Waals surface area contributed by atoms with Crippen molar-refractivity contribution in [3.63, 3.8) is 0 Å². The maximum atomic E-state index is 13.4. The van der Waals surface area contributed by atoms with Crippen molar-refractivity contribution in [3.8, 4) is 5.75 Å². The monoisotopic (exact) mass is 348 g/mol. The Morgan fingerprint density at radius 2 is 2.04 bits per heavy atom. The predicted molar refractivity (Wildman–Crippen MR) is 90.9 cm³/mol. The molecule has 6 heteroatoms. The van der Waals surface area contributed by atoms with Crippen molar-refractivity contribution in [1.29, 1.82) is 0 Å². The lowest BCUT2D eigenvalue weighted by atomic mass is 10.1. The van der Waals surface area contributed by atoms with Gasteiger partial charge in [0, 0.05) is 5.02 Å². The number of nitrogens with one attached hydrogen (secondary N) is 2. The van der Waals surface area contributed by atoms with E-state index in [2.05, 4.69) is 10.6 Å². The van der Waals surface area contributed by atoms with Gasteiger partial charge in [0.05, 0.1) is 12.6 Å². The summed E-state index contributed by atoms with van der Waals surface area (Å²) in [4.78, 5) is 12.0. The molecule has 0 aliphatic heterocycles. The van der Waals surface area contributed by atoms with Crippen molar-refractivity contribution in [1.82, 2.24) is 10.6 Å². The Morgan fingerprint density at radius 3 is 2.83 bits per heavy atom. The van der Waals surface area contributed by atoms with Crippen LogP contribution >= 0.6 is 11.6 Å². The molecule has 0 fully saturated rings. The molecule has 0 spiro atoms. The minimum Gasteiger partial charge on any atom is -0.492 e. The Morgan fingerprint density at radius 1 is 1.25 bits per heavy atom. The molecule has 1 aliphatic carbocycles. The number of hydrogen-bond acceptors (Lipinski definition) is 2. The lowest BCUT2D eigenvalue weighted by Gasteiger charge is -2.15. The van der Waals surface area contributed by atoms with E-state index >= 15 is 0 Å². The molecule has 24 heavy (non-hydrogen) atoms. The van der Waals surface area contributed by atoms with Crippen LogP contribution in [0.1, 0.15) is 23.6 Å². The van der Waals surface area contributed by atoms with Gasteiger partial charge in [-0.3, -0.25) is 0 Å². The number of ether oxygens (including phenoxy) is 1. The topological polar surface area (TPSA) is 50.4 Å². The Hall–Kier alpha value is -2.27. The first-order chi connectivity index (χ1) is 11.6. The second-order valence-electron chi connectivity index (χ2n) is 5.64. The number of carbonyl (C=O) groups excluding carboxylic acids is 1. The van der Waals surface area contributed by atoms with Gasteiger partial charge in [0.2, 0.25) is 0 Å². The zero-order valence-electron chi connectivity index (χ0n) is 13.0. The van der Waals surface area contributed by atoms with E-state index in [1.165, 1.54) is 12.1 Å². The fraction of sp³-hybridized carbons (Fsp3) is 0.278. The van der Waals surface area contributed by atoms with Gasteiger partial charge < -0.3 is 15.4 Å². The summed E-state index contributed by atoms with van der Waals surface area (Å²) in [6, 6.07) is 11.3. The molecule has 1 atom stereocenters. The number of urea groups is 1. The Kier molecular flexibility index (Phi) is 5.20. The summed E-state index contributed by atoms with van der Waals surface area (Å²) >= 11 is 5.80. The van der Waals surface area contributed by atoms with Gasteiger partial charge >= 0.3 is 6.03 Å². The normalized spacial score (nSPS) is 15.7. The van der Waals surface area contributed by atoms with Crippen LogP contribution in [0.5, 0.6) is 5.75 Å². The maximum absolute atomic E-state index is 13.4. The molecule has 2 aromatic rings. The molecule has 0 bridgehead atoms. The molecule has 1 aliphatic rings. The molecule has 4 nitrogen and oxygen atoms in total. The van der Waals surface area contributed by atoms with Gasteiger partial charge in [0.1, 0.15) is 18.2 Å². The van der Waals surface area contributed by atoms with Gasteiger partial charge in [0.25, 0.3) is 0 Å². The van der Waals surface area contributed by atoms with Crippen LogP contribution in [-0.2, 0) is 6.42 Å². The van der Waals surface area contributed by atoms with Crippen molar-refractivity contribution in [3.05, 3.63) is 64.4 Å². The van der Waals surface area contributed by atoms with Crippen molar-refractivity contribution >= 4 is 17.6 Å². The van der Waals surface area contributed by atoms with Crippen LogP contribution in [-0.4, -0.2) is 19.2 Å². The Bertz CT molecular complexity index is 721. The molecule has 3 rings (SSSR count). The fourth-order valence-corrected chi connectivity index (χ4v) is 2.92. The molecule has 2 amide bonds. The number of rotatable bonds is 5. The zero-order chi connectivity index (χ0) is 16.9. The number of carbonyl (C=O) groups is 1. The lowest BCUT2D eigenvalue weighted by molar-refractivity contribution is 0.232. The summed E-state index contributed by atoms with van der Waals surface area (Å²) in [5, 5.41) is 6.27. The van der Waals surface area contributed by atoms with Crippen LogP contribution in [0, 0.1) is 5.82 Å². The highest BCUT2D eigenvalue weighted by molar-refractivity contribution is 6.30. The summed E-state index contributed by atoms with van der Waals surface area (Å²) in [5.74, 6) is 0.418. The molecular formula is C18H18ClFN2O2. The predicted octanol–water partition coefficient (Wildman–Crippen LogP) is 3.84. The standard InChI is InChI=1S/C18H18ClFN2O2/c19-13-3-6-15(7-4-13)24-10-9-21-18(23)22-17-8-2-12-1-5-14(20)11-16(12)17/h1,3-7,11,17H,2,8-10H2,(H2,21,22,23). The summed E-state index contributed by atoms with van der Waals surface area (Å²) in [6.45, 7) is 0.724. The van der Waals surface area contributed by atoms with Crippen LogP contribution in [0.3, 0.4) is 0 Å². The first kappa shape index (κ1) is 16.6. The van der Waals surface area contributed by atoms with E-state index in [4.69, 9.17) is 16.3 Å². The van der Waals surface area contributed by atoms with E-state index in [0.717, 1.165) is 24.0 Å². The highest BCUT2D eigenvalue weighted by atomic mass is 35.5. The number of aryl methyl sites for hydroxylation is 1. The van der Waals surface area contributed by atoms with Gasteiger partial charge in [-0.05, 0) is 60.4 Å². The van der Waals surface area contributed by atoms with Crippen molar-refractivity contribution < 1.29 is 13.9 Å². The van der Waals surface area contributed by atoms with Crippen molar-refractivity contribution in [2.24, 2.45) is 0 Å². The third-order valence-corrected chi connectivity index (χ3v) is 4.21.